The van der Waals surface area contributed by atoms with Crippen LogP contribution >= 0.6 is 22.9 Å². The van der Waals surface area contributed by atoms with Crippen molar-refractivity contribution >= 4 is 22.9 Å². The van der Waals surface area contributed by atoms with E-state index in [2.05, 4.69) is 24.5 Å². The average Bonchev–Trinajstić information content (AvgIpc) is 3.09. The lowest BCUT2D eigenvalue weighted by molar-refractivity contribution is 0.476. The van der Waals surface area contributed by atoms with Crippen molar-refractivity contribution in [3.8, 4) is 0 Å². The molecule has 0 aromatic carbocycles. The van der Waals surface area contributed by atoms with Crippen LogP contribution in [-0.4, -0.2) is 6.54 Å². The SMILES string of the molecule is CCCNC(CCC1CC1)c1scc(C)c1Cl. The van der Waals surface area contributed by atoms with Crippen molar-refractivity contribution in [3.63, 3.8) is 0 Å². The van der Waals surface area contributed by atoms with Crippen LogP contribution in [0.25, 0.3) is 0 Å². The maximum absolute atomic E-state index is 6.38. The third-order valence-electron chi connectivity index (χ3n) is 3.44. The third-order valence-corrected chi connectivity index (χ3v) is 5.27. The highest BCUT2D eigenvalue weighted by molar-refractivity contribution is 7.10. The second-order valence-corrected chi connectivity index (χ2v) is 6.41. The molecule has 0 bridgehead atoms. The van der Waals surface area contributed by atoms with Gasteiger partial charge in [0.15, 0.2) is 0 Å². The standard InChI is InChI=1S/C14H22ClNS/c1-3-8-16-12(7-6-11-4-5-11)14-13(15)10(2)9-17-14/h9,11-12,16H,3-8H2,1-2H3. The fraction of sp³-hybridized carbons (Fsp3) is 0.714. The van der Waals surface area contributed by atoms with E-state index >= 15 is 0 Å². The summed E-state index contributed by atoms with van der Waals surface area (Å²) in [5.74, 6) is 1.00. The van der Waals surface area contributed by atoms with Crippen LogP contribution in [0.15, 0.2) is 5.38 Å². The molecule has 1 N–H and O–H groups in total. The van der Waals surface area contributed by atoms with Crippen molar-refractivity contribution in [3.05, 3.63) is 20.8 Å². The normalized spacial score (nSPS) is 17.4. The van der Waals surface area contributed by atoms with Crippen LogP contribution in [0.5, 0.6) is 0 Å². The Balaban J connectivity index is 1.99. The molecular weight excluding hydrogens is 250 g/mol. The molecular formula is C14H22ClNS. The van der Waals surface area contributed by atoms with Gasteiger partial charge in [0.25, 0.3) is 0 Å². The van der Waals surface area contributed by atoms with Gasteiger partial charge in [0.2, 0.25) is 0 Å². The Hall–Kier alpha value is -0.0500. The predicted molar refractivity (Wildman–Crippen MR) is 77.1 cm³/mol. The highest BCUT2D eigenvalue weighted by Gasteiger charge is 2.24. The maximum Gasteiger partial charge on any atom is 0.0590 e. The van der Waals surface area contributed by atoms with E-state index in [9.17, 15) is 0 Å². The Bertz CT molecular complexity index is 357. The molecule has 1 aliphatic carbocycles. The summed E-state index contributed by atoms with van der Waals surface area (Å²) in [4.78, 5) is 1.35. The van der Waals surface area contributed by atoms with Crippen molar-refractivity contribution in [2.75, 3.05) is 6.54 Å². The Morgan fingerprint density at radius 2 is 2.29 bits per heavy atom. The lowest BCUT2D eigenvalue weighted by Gasteiger charge is -2.17. The summed E-state index contributed by atoms with van der Waals surface area (Å²) in [6.07, 6.45) is 6.66. The first-order chi connectivity index (χ1) is 8.22. The van der Waals surface area contributed by atoms with Crippen LogP contribution < -0.4 is 5.32 Å². The molecule has 1 aromatic rings. The molecule has 1 atom stereocenters. The molecule has 1 unspecified atom stereocenters. The highest BCUT2D eigenvalue weighted by atomic mass is 35.5. The number of nitrogens with one attached hydrogen (secondary N) is 1. The molecule has 0 saturated heterocycles. The number of hydrogen-bond acceptors (Lipinski definition) is 2. The van der Waals surface area contributed by atoms with E-state index in [0.717, 1.165) is 17.5 Å². The second kappa shape index (κ2) is 6.21. The molecule has 1 aliphatic rings. The van der Waals surface area contributed by atoms with Crippen molar-refractivity contribution in [2.45, 2.75) is 52.0 Å². The molecule has 0 spiro atoms. The molecule has 0 amide bonds. The minimum atomic E-state index is 0.474. The number of thiophene rings is 1. The molecule has 1 fully saturated rings. The first kappa shape index (κ1) is 13.4. The van der Waals surface area contributed by atoms with E-state index in [0.29, 0.717) is 6.04 Å². The molecule has 0 aliphatic heterocycles. The van der Waals surface area contributed by atoms with Gasteiger partial charge in [0.05, 0.1) is 5.02 Å². The average molecular weight is 272 g/mol. The zero-order valence-electron chi connectivity index (χ0n) is 10.8. The molecule has 1 saturated carbocycles. The fourth-order valence-corrected chi connectivity index (χ4v) is 3.57. The summed E-state index contributed by atoms with van der Waals surface area (Å²) in [6.45, 7) is 5.40. The quantitative estimate of drug-likeness (QED) is 0.741. The minimum Gasteiger partial charge on any atom is -0.309 e. The van der Waals surface area contributed by atoms with Crippen LogP contribution in [0.4, 0.5) is 0 Å². The van der Waals surface area contributed by atoms with Crippen LogP contribution in [0.2, 0.25) is 5.02 Å². The van der Waals surface area contributed by atoms with Crippen molar-refractivity contribution in [1.29, 1.82) is 0 Å². The number of halogens is 1. The summed E-state index contributed by atoms with van der Waals surface area (Å²) in [5.41, 5.74) is 1.22. The van der Waals surface area contributed by atoms with Gasteiger partial charge in [-0.25, -0.2) is 0 Å². The zero-order valence-corrected chi connectivity index (χ0v) is 12.3. The van der Waals surface area contributed by atoms with E-state index in [1.54, 1.807) is 0 Å². The summed E-state index contributed by atoms with van der Waals surface area (Å²) < 4.78 is 0. The van der Waals surface area contributed by atoms with Gasteiger partial charge in [0.1, 0.15) is 0 Å². The zero-order chi connectivity index (χ0) is 12.3. The maximum atomic E-state index is 6.38. The Morgan fingerprint density at radius 1 is 1.53 bits per heavy atom. The van der Waals surface area contributed by atoms with Gasteiger partial charge in [-0.05, 0) is 49.6 Å². The van der Waals surface area contributed by atoms with Gasteiger partial charge < -0.3 is 5.32 Å². The molecule has 3 heteroatoms. The number of aryl methyl sites for hydroxylation is 1. The largest absolute Gasteiger partial charge is 0.309 e. The Morgan fingerprint density at radius 3 is 2.82 bits per heavy atom. The smallest absolute Gasteiger partial charge is 0.0590 e. The first-order valence-corrected chi connectivity index (χ1v) is 7.95. The highest BCUT2D eigenvalue weighted by Crippen LogP contribution is 2.39. The minimum absolute atomic E-state index is 0.474. The molecule has 0 radical (unpaired) electrons. The molecule has 1 heterocycles. The molecule has 96 valence electrons. The topological polar surface area (TPSA) is 12.0 Å². The monoisotopic (exact) mass is 271 g/mol. The number of hydrogen-bond donors (Lipinski definition) is 1. The van der Waals surface area contributed by atoms with E-state index in [1.807, 2.05) is 11.3 Å². The Kier molecular flexibility index (Phi) is 4.89. The van der Waals surface area contributed by atoms with Crippen LogP contribution in [-0.2, 0) is 0 Å². The van der Waals surface area contributed by atoms with Crippen LogP contribution in [0.1, 0.15) is 55.5 Å². The van der Waals surface area contributed by atoms with E-state index < -0.39 is 0 Å². The Labute approximate surface area is 114 Å². The second-order valence-electron chi connectivity index (χ2n) is 5.12. The first-order valence-electron chi connectivity index (χ1n) is 6.69. The van der Waals surface area contributed by atoms with Crippen molar-refractivity contribution in [2.24, 2.45) is 5.92 Å². The summed E-state index contributed by atoms with van der Waals surface area (Å²) >= 11 is 8.20. The molecule has 1 nitrogen and oxygen atoms in total. The van der Waals surface area contributed by atoms with Crippen molar-refractivity contribution in [1.82, 2.24) is 5.32 Å². The van der Waals surface area contributed by atoms with Gasteiger partial charge in [-0.3, -0.25) is 0 Å². The van der Waals surface area contributed by atoms with E-state index in [1.165, 1.54) is 42.5 Å². The van der Waals surface area contributed by atoms with Gasteiger partial charge in [0, 0.05) is 10.9 Å². The lowest BCUT2D eigenvalue weighted by atomic mass is 10.1. The summed E-state index contributed by atoms with van der Waals surface area (Å²) in [5, 5.41) is 6.81. The van der Waals surface area contributed by atoms with Crippen LogP contribution in [0, 0.1) is 12.8 Å². The van der Waals surface area contributed by atoms with E-state index in [4.69, 9.17) is 11.6 Å². The van der Waals surface area contributed by atoms with Crippen molar-refractivity contribution < 1.29 is 0 Å². The molecule has 17 heavy (non-hydrogen) atoms. The molecule has 2 rings (SSSR count). The number of rotatable bonds is 7. The van der Waals surface area contributed by atoms with Gasteiger partial charge in [-0.1, -0.05) is 31.4 Å². The van der Waals surface area contributed by atoms with Gasteiger partial charge in [-0.2, -0.15) is 0 Å². The summed E-state index contributed by atoms with van der Waals surface area (Å²) in [6, 6.07) is 0.474. The third kappa shape index (κ3) is 3.70. The predicted octanol–water partition coefficient (Wildman–Crippen LogP) is 4.94. The van der Waals surface area contributed by atoms with Gasteiger partial charge in [-0.15, -0.1) is 11.3 Å². The molecule has 1 aromatic heterocycles. The fourth-order valence-electron chi connectivity index (χ4n) is 2.14. The van der Waals surface area contributed by atoms with Gasteiger partial charge >= 0.3 is 0 Å². The summed E-state index contributed by atoms with van der Waals surface area (Å²) in [7, 11) is 0. The lowest BCUT2D eigenvalue weighted by Crippen LogP contribution is -2.21. The van der Waals surface area contributed by atoms with Crippen LogP contribution in [0.3, 0.4) is 0 Å². The van der Waals surface area contributed by atoms with E-state index in [-0.39, 0.29) is 0 Å².